The first-order valence-electron chi connectivity index (χ1n) is 13.0. The Hall–Kier alpha value is -3.38. The summed E-state index contributed by atoms with van der Waals surface area (Å²) in [6, 6.07) is 15.7. The number of nitrogens with zero attached hydrogens (tertiary/aromatic N) is 1. The van der Waals surface area contributed by atoms with Crippen LogP contribution in [0.2, 0.25) is 0 Å². The quantitative estimate of drug-likeness (QED) is 0.490. The van der Waals surface area contributed by atoms with Gasteiger partial charge in [-0.3, -0.25) is 4.79 Å². The van der Waals surface area contributed by atoms with Crippen molar-refractivity contribution in [2.45, 2.75) is 88.3 Å². The fourth-order valence-electron chi connectivity index (χ4n) is 4.58. The first kappa shape index (κ1) is 29.2. The van der Waals surface area contributed by atoms with Crippen LogP contribution in [0.25, 0.3) is 11.1 Å². The smallest absolute Gasteiger partial charge is 0.408 e. The van der Waals surface area contributed by atoms with E-state index in [2.05, 4.69) is 16.7 Å². The SMILES string of the molecule is CCS(=O)(=O)c1ccc(-c2ccc(CC(C#N)NC(=O)C3(NC(=O)OC(C)(C)C)CCCCC3)cc2)cc1. The maximum Gasteiger partial charge on any atom is 0.408 e. The number of hydrogen-bond acceptors (Lipinski definition) is 6. The molecule has 2 aromatic rings. The van der Waals surface area contributed by atoms with Crippen LogP contribution in [-0.4, -0.2) is 43.4 Å². The van der Waals surface area contributed by atoms with Crippen LogP contribution in [-0.2, 0) is 25.8 Å². The van der Waals surface area contributed by atoms with Crippen molar-refractivity contribution < 1.29 is 22.7 Å². The van der Waals surface area contributed by atoms with E-state index >= 15 is 0 Å². The van der Waals surface area contributed by atoms with Crippen molar-refractivity contribution in [1.29, 1.82) is 5.26 Å². The Kier molecular flexibility index (Phi) is 9.21. The van der Waals surface area contributed by atoms with Gasteiger partial charge in [0.25, 0.3) is 0 Å². The minimum absolute atomic E-state index is 0.0514. The van der Waals surface area contributed by atoms with Crippen molar-refractivity contribution in [3.05, 3.63) is 54.1 Å². The normalized spacial score (nSPS) is 16.1. The van der Waals surface area contributed by atoms with E-state index in [1.165, 1.54) is 0 Å². The molecule has 1 aliphatic rings. The highest BCUT2D eigenvalue weighted by molar-refractivity contribution is 7.91. The fraction of sp³-hybridized carbons (Fsp3) is 0.483. The lowest BCUT2D eigenvalue weighted by atomic mass is 9.80. The molecule has 1 saturated carbocycles. The van der Waals surface area contributed by atoms with Crippen LogP contribution in [0.4, 0.5) is 4.79 Å². The van der Waals surface area contributed by atoms with Crippen LogP contribution >= 0.6 is 0 Å². The molecule has 0 saturated heterocycles. The van der Waals surface area contributed by atoms with Crippen molar-refractivity contribution in [2.75, 3.05) is 5.75 Å². The molecule has 1 atom stereocenters. The zero-order chi connectivity index (χ0) is 28.0. The van der Waals surface area contributed by atoms with Crippen molar-refractivity contribution >= 4 is 21.8 Å². The van der Waals surface area contributed by atoms with E-state index in [1.807, 2.05) is 24.3 Å². The molecule has 0 aromatic heterocycles. The first-order valence-corrected chi connectivity index (χ1v) is 14.7. The molecule has 38 heavy (non-hydrogen) atoms. The highest BCUT2D eigenvalue weighted by Crippen LogP contribution is 2.29. The third-order valence-corrected chi connectivity index (χ3v) is 8.41. The summed E-state index contributed by atoms with van der Waals surface area (Å²) >= 11 is 0. The molecule has 0 bridgehead atoms. The Morgan fingerprint density at radius 2 is 1.55 bits per heavy atom. The van der Waals surface area contributed by atoms with Gasteiger partial charge in [0.15, 0.2) is 9.84 Å². The second-order valence-corrected chi connectivity index (χ2v) is 13.0. The Labute approximate surface area is 225 Å². The van der Waals surface area contributed by atoms with E-state index in [4.69, 9.17) is 4.74 Å². The molecule has 0 radical (unpaired) electrons. The average molecular weight is 540 g/mol. The molecule has 2 aromatic carbocycles. The standard InChI is InChI=1S/C29H37N3O5S/c1-5-38(35,36)25-15-13-23(14-16-25)22-11-9-21(10-12-22)19-24(20-30)31-26(33)29(17-7-6-8-18-29)32-27(34)37-28(2,3)4/h9-16,24H,5-8,17-19H2,1-4H3,(H,31,33)(H,32,34). The van der Waals surface area contributed by atoms with Gasteiger partial charge in [-0.2, -0.15) is 5.26 Å². The summed E-state index contributed by atoms with van der Waals surface area (Å²) in [6.45, 7) is 6.92. The number of sulfone groups is 1. The monoisotopic (exact) mass is 539 g/mol. The molecular formula is C29H37N3O5S. The Balaban J connectivity index is 1.68. The van der Waals surface area contributed by atoms with Gasteiger partial charge >= 0.3 is 6.09 Å². The van der Waals surface area contributed by atoms with Gasteiger partial charge in [0.1, 0.15) is 17.2 Å². The molecular weight excluding hydrogens is 502 g/mol. The van der Waals surface area contributed by atoms with Gasteiger partial charge in [-0.25, -0.2) is 13.2 Å². The van der Waals surface area contributed by atoms with Crippen LogP contribution in [0.15, 0.2) is 53.4 Å². The lowest BCUT2D eigenvalue weighted by molar-refractivity contribution is -0.129. The topological polar surface area (TPSA) is 125 Å². The van der Waals surface area contributed by atoms with Gasteiger partial charge in [-0.1, -0.05) is 62.6 Å². The molecule has 1 fully saturated rings. The summed E-state index contributed by atoms with van der Waals surface area (Å²) in [5.74, 6) is -0.316. The minimum Gasteiger partial charge on any atom is -0.444 e. The molecule has 0 heterocycles. The number of alkyl carbamates (subject to hydrolysis) is 1. The number of hydrogen-bond donors (Lipinski definition) is 2. The van der Waals surface area contributed by atoms with Gasteiger partial charge in [0.05, 0.1) is 16.7 Å². The molecule has 8 nitrogen and oxygen atoms in total. The number of nitrogens with one attached hydrogen (secondary N) is 2. The summed E-state index contributed by atoms with van der Waals surface area (Å²) in [5, 5.41) is 15.4. The summed E-state index contributed by atoms with van der Waals surface area (Å²) < 4.78 is 29.5. The van der Waals surface area contributed by atoms with E-state index in [0.29, 0.717) is 24.2 Å². The molecule has 0 aliphatic heterocycles. The molecule has 1 aliphatic carbocycles. The predicted octanol–water partition coefficient (Wildman–Crippen LogP) is 4.93. The molecule has 2 N–H and O–H groups in total. The van der Waals surface area contributed by atoms with Crippen LogP contribution < -0.4 is 10.6 Å². The molecule has 9 heteroatoms. The van der Waals surface area contributed by atoms with E-state index < -0.39 is 33.1 Å². The summed E-state index contributed by atoms with van der Waals surface area (Å²) in [5.41, 5.74) is 0.867. The molecule has 204 valence electrons. The first-order chi connectivity index (χ1) is 17.9. The molecule has 1 unspecified atom stereocenters. The highest BCUT2D eigenvalue weighted by atomic mass is 32.2. The average Bonchev–Trinajstić information content (AvgIpc) is 2.88. The van der Waals surface area contributed by atoms with Gasteiger partial charge < -0.3 is 15.4 Å². The number of ether oxygens (including phenoxy) is 1. The van der Waals surface area contributed by atoms with Gasteiger partial charge in [0.2, 0.25) is 5.91 Å². The molecule has 2 amide bonds. The van der Waals surface area contributed by atoms with E-state index in [9.17, 15) is 23.3 Å². The van der Waals surface area contributed by atoms with Crippen LogP contribution in [0.3, 0.4) is 0 Å². The van der Waals surface area contributed by atoms with E-state index in [-0.39, 0.29) is 11.7 Å². The lowest BCUT2D eigenvalue weighted by Crippen LogP contribution is -2.61. The maximum atomic E-state index is 13.4. The molecule has 3 rings (SSSR count). The van der Waals surface area contributed by atoms with E-state index in [0.717, 1.165) is 36.0 Å². The van der Waals surface area contributed by atoms with Crippen LogP contribution in [0, 0.1) is 11.3 Å². The van der Waals surface area contributed by atoms with Crippen molar-refractivity contribution in [3.8, 4) is 17.2 Å². The highest BCUT2D eigenvalue weighted by Gasteiger charge is 2.42. The Morgan fingerprint density at radius 1 is 1.00 bits per heavy atom. The fourth-order valence-corrected chi connectivity index (χ4v) is 5.46. The Morgan fingerprint density at radius 3 is 2.05 bits per heavy atom. The lowest BCUT2D eigenvalue weighted by Gasteiger charge is -2.37. The van der Waals surface area contributed by atoms with E-state index in [1.54, 1.807) is 52.0 Å². The van der Waals surface area contributed by atoms with Crippen LogP contribution in [0.1, 0.15) is 65.4 Å². The van der Waals surface area contributed by atoms with Gasteiger partial charge in [-0.05, 0) is 62.4 Å². The molecule has 0 spiro atoms. The van der Waals surface area contributed by atoms with Gasteiger partial charge in [-0.15, -0.1) is 0 Å². The Bertz CT molecular complexity index is 1270. The number of nitriles is 1. The second-order valence-electron chi connectivity index (χ2n) is 10.8. The number of rotatable bonds is 8. The number of benzene rings is 2. The van der Waals surface area contributed by atoms with Crippen molar-refractivity contribution in [1.82, 2.24) is 10.6 Å². The summed E-state index contributed by atoms with van der Waals surface area (Å²) in [4.78, 5) is 26.2. The number of carbonyl (C=O) groups is 2. The largest absolute Gasteiger partial charge is 0.444 e. The third-order valence-electron chi connectivity index (χ3n) is 6.66. The number of carbonyl (C=O) groups excluding carboxylic acids is 2. The maximum absolute atomic E-state index is 13.4. The predicted molar refractivity (Wildman–Crippen MR) is 146 cm³/mol. The zero-order valence-electron chi connectivity index (χ0n) is 22.5. The van der Waals surface area contributed by atoms with Crippen LogP contribution in [0.5, 0.6) is 0 Å². The number of amides is 2. The van der Waals surface area contributed by atoms with Gasteiger partial charge in [0, 0.05) is 6.42 Å². The van der Waals surface area contributed by atoms with Crippen molar-refractivity contribution in [3.63, 3.8) is 0 Å². The van der Waals surface area contributed by atoms with Crippen molar-refractivity contribution in [2.24, 2.45) is 0 Å². The minimum atomic E-state index is -3.25. The third kappa shape index (κ3) is 7.57. The zero-order valence-corrected chi connectivity index (χ0v) is 23.4. The summed E-state index contributed by atoms with van der Waals surface area (Å²) in [6.07, 6.45) is 3.22. The second kappa shape index (κ2) is 12.0. The summed E-state index contributed by atoms with van der Waals surface area (Å²) in [7, 11) is -3.25.